The molecule has 0 spiro atoms. The maximum atomic E-state index is 9.68. The Balaban J connectivity index is 1.85. The lowest BCUT2D eigenvalue weighted by molar-refractivity contribution is -0.686. The molecule has 27 heavy (non-hydrogen) atoms. The maximum Gasteiger partial charge on any atom is 0.408 e. The third-order valence-corrected chi connectivity index (χ3v) is 5.27. The first-order valence-corrected chi connectivity index (χ1v) is 9.72. The third-order valence-electron chi connectivity index (χ3n) is 4.48. The Labute approximate surface area is 161 Å². The van der Waals surface area contributed by atoms with E-state index < -0.39 is 6.10 Å². The average Bonchev–Trinajstić information content (AvgIpc) is 3.22. The van der Waals surface area contributed by atoms with Crippen LogP contribution in [0.2, 0.25) is 0 Å². The molecule has 6 heteroatoms. The highest BCUT2D eigenvalue weighted by Crippen LogP contribution is 2.40. The van der Waals surface area contributed by atoms with Crippen LogP contribution >= 0.6 is 11.3 Å². The van der Waals surface area contributed by atoms with Gasteiger partial charge < -0.3 is 9.67 Å². The molecule has 1 atom stereocenters. The largest absolute Gasteiger partial charge is 0.408 e. The van der Waals surface area contributed by atoms with Crippen molar-refractivity contribution in [2.75, 3.05) is 0 Å². The fourth-order valence-corrected chi connectivity index (χ4v) is 3.98. The van der Waals surface area contributed by atoms with E-state index in [2.05, 4.69) is 46.1 Å². The summed E-state index contributed by atoms with van der Waals surface area (Å²) in [4.78, 5) is 0. The van der Waals surface area contributed by atoms with Crippen molar-refractivity contribution in [2.24, 2.45) is 17.3 Å². The number of nitrogens with zero attached hydrogens (tertiary/aromatic N) is 4. The van der Waals surface area contributed by atoms with Crippen LogP contribution in [0.1, 0.15) is 6.92 Å². The van der Waals surface area contributed by atoms with Crippen molar-refractivity contribution in [1.82, 2.24) is 4.57 Å². The zero-order valence-electron chi connectivity index (χ0n) is 15.3. The van der Waals surface area contributed by atoms with Gasteiger partial charge in [-0.1, -0.05) is 48.5 Å². The Morgan fingerprint density at radius 2 is 1.81 bits per heavy atom. The third kappa shape index (κ3) is 3.41. The van der Waals surface area contributed by atoms with E-state index in [1.54, 1.807) is 6.92 Å². The van der Waals surface area contributed by atoms with Crippen LogP contribution in [0.4, 0.5) is 10.8 Å². The lowest BCUT2D eigenvalue weighted by Gasteiger charge is -2.04. The zero-order valence-corrected chi connectivity index (χ0v) is 16.1. The molecule has 0 aliphatic heterocycles. The van der Waals surface area contributed by atoms with E-state index in [1.807, 2.05) is 46.5 Å². The number of hydrogen-bond acceptors (Lipinski definition) is 4. The van der Waals surface area contributed by atoms with Crippen LogP contribution in [-0.2, 0) is 13.6 Å². The minimum Gasteiger partial charge on any atom is -0.389 e. The number of rotatable bonds is 5. The predicted octanol–water partition coefficient (Wildman–Crippen LogP) is 4.99. The molecule has 4 rings (SSSR count). The number of hydrogen-bond donors (Lipinski definition) is 1. The van der Waals surface area contributed by atoms with E-state index in [1.165, 1.54) is 11.3 Å². The van der Waals surface area contributed by atoms with Gasteiger partial charge in [0.2, 0.25) is 0 Å². The van der Waals surface area contributed by atoms with E-state index in [4.69, 9.17) is 0 Å². The smallest absolute Gasteiger partial charge is 0.389 e. The van der Waals surface area contributed by atoms with Gasteiger partial charge in [0.05, 0.1) is 22.4 Å². The summed E-state index contributed by atoms with van der Waals surface area (Å²) < 4.78 is 4.09. The molecule has 0 radical (unpaired) electrons. The van der Waals surface area contributed by atoms with Gasteiger partial charge in [-0.05, 0) is 29.4 Å². The molecule has 0 aliphatic carbocycles. The molecule has 2 aromatic carbocycles. The lowest BCUT2D eigenvalue weighted by atomic mass is 10.1. The Morgan fingerprint density at radius 1 is 1.07 bits per heavy atom. The molecule has 4 aromatic rings. The summed E-state index contributed by atoms with van der Waals surface area (Å²) in [7, 11) is 2.06. The quantitative estimate of drug-likeness (QED) is 0.387. The predicted molar refractivity (Wildman–Crippen MR) is 109 cm³/mol. The van der Waals surface area contributed by atoms with Crippen molar-refractivity contribution in [1.29, 1.82) is 0 Å². The van der Waals surface area contributed by atoms with Crippen LogP contribution < -0.4 is 4.57 Å². The average molecular weight is 377 g/mol. The van der Waals surface area contributed by atoms with Crippen LogP contribution in [0.3, 0.4) is 0 Å². The van der Waals surface area contributed by atoms with E-state index in [9.17, 15) is 5.11 Å². The van der Waals surface area contributed by atoms with E-state index in [-0.39, 0.29) is 0 Å². The first-order chi connectivity index (χ1) is 13.1. The van der Waals surface area contributed by atoms with Gasteiger partial charge in [-0.15, -0.1) is 0 Å². The number of aliphatic hydroxyl groups excluding tert-OH is 1. The second-order valence-corrected chi connectivity index (χ2v) is 7.40. The van der Waals surface area contributed by atoms with Gasteiger partial charge >= 0.3 is 5.13 Å². The number of para-hydroxylation sites is 1. The molecule has 2 aromatic heterocycles. The van der Waals surface area contributed by atoms with Crippen LogP contribution in [0.15, 0.2) is 76.4 Å². The minimum atomic E-state index is -0.434. The number of thiazole rings is 1. The van der Waals surface area contributed by atoms with Gasteiger partial charge in [0, 0.05) is 23.4 Å². The maximum absolute atomic E-state index is 9.68. The fourth-order valence-electron chi connectivity index (χ4n) is 3.29. The van der Waals surface area contributed by atoms with E-state index in [0.717, 1.165) is 33.0 Å². The number of benzene rings is 2. The standard InChI is InChI=1S/C21H21N4OS/c1-15(26)14-25-12-13-27-21(25)23-22-19-17-10-6-7-11-18(17)24(2)20(19)16-8-4-3-5-9-16/h3-13,15,26H,14H2,1-2H3/q+1. The molecular formula is C21H21N4OS+. The second kappa shape index (κ2) is 7.42. The Hall–Kier alpha value is -2.83. The number of aliphatic hydroxyl groups is 1. The summed E-state index contributed by atoms with van der Waals surface area (Å²) in [5.74, 6) is 0. The second-order valence-electron chi connectivity index (χ2n) is 6.53. The molecule has 0 bridgehead atoms. The highest BCUT2D eigenvalue weighted by Gasteiger charge is 2.19. The van der Waals surface area contributed by atoms with Crippen LogP contribution in [0.25, 0.3) is 22.2 Å². The van der Waals surface area contributed by atoms with Gasteiger partial charge in [0.25, 0.3) is 0 Å². The summed E-state index contributed by atoms with van der Waals surface area (Å²) in [6.07, 6.45) is 1.49. The van der Waals surface area contributed by atoms with Crippen molar-refractivity contribution in [3.8, 4) is 11.3 Å². The van der Waals surface area contributed by atoms with Crippen molar-refractivity contribution >= 4 is 33.1 Å². The topological polar surface area (TPSA) is 53.8 Å². The SMILES string of the molecule is CC(O)C[n+]1ccsc1N=Nc1c(-c2ccccc2)n(C)c2ccccc12. The molecule has 5 nitrogen and oxygen atoms in total. The van der Waals surface area contributed by atoms with Crippen molar-refractivity contribution in [2.45, 2.75) is 19.6 Å². The summed E-state index contributed by atoms with van der Waals surface area (Å²) in [6.45, 7) is 2.27. The monoisotopic (exact) mass is 377 g/mol. The number of fused-ring (bicyclic) bond motifs is 1. The van der Waals surface area contributed by atoms with E-state index >= 15 is 0 Å². The highest BCUT2D eigenvalue weighted by molar-refractivity contribution is 7.12. The van der Waals surface area contributed by atoms with E-state index in [0.29, 0.717) is 6.54 Å². The lowest BCUT2D eigenvalue weighted by Crippen LogP contribution is -2.36. The van der Waals surface area contributed by atoms with Gasteiger partial charge in [0.15, 0.2) is 0 Å². The molecule has 136 valence electrons. The van der Waals surface area contributed by atoms with Crippen molar-refractivity contribution in [3.05, 3.63) is 66.2 Å². The normalized spacial score (nSPS) is 12.9. The van der Waals surface area contributed by atoms with Crippen molar-refractivity contribution in [3.63, 3.8) is 0 Å². The number of aromatic nitrogens is 2. The molecule has 0 amide bonds. The number of azo groups is 1. The highest BCUT2D eigenvalue weighted by atomic mass is 32.1. The van der Waals surface area contributed by atoms with Crippen LogP contribution in [0.5, 0.6) is 0 Å². The Bertz CT molecular complexity index is 1100. The van der Waals surface area contributed by atoms with Crippen LogP contribution in [0, 0.1) is 0 Å². The molecule has 1 N–H and O–H groups in total. The minimum absolute atomic E-state index is 0.434. The molecule has 0 fully saturated rings. The summed E-state index contributed by atoms with van der Waals surface area (Å²) >= 11 is 1.51. The Kier molecular flexibility index (Phi) is 4.83. The first kappa shape index (κ1) is 17.6. The van der Waals surface area contributed by atoms with Gasteiger partial charge in [0.1, 0.15) is 18.4 Å². The van der Waals surface area contributed by atoms with Gasteiger partial charge in [-0.2, -0.15) is 0 Å². The fraction of sp³-hybridized carbons (Fsp3) is 0.190. The summed E-state index contributed by atoms with van der Waals surface area (Å²) in [6, 6.07) is 18.5. The molecule has 1 unspecified atom stereocenters. The molecule has 0 saturated carbocycles. The molecular weight excluding hydrogens is 356 g/mol. The van der Waals surface area contributed by atoms with Gasteiger partial charge in [-0.25, -0.2) is 4.57 Å². The Morgan fingerprint density at radius 3 is 2.59 bits per heavy atom. The van der Waals surface area contributed by atoms with Gasteiger partial charge in [-0.3, -0.25) is 0 Å². The van der Waals surface area contributed by atoms with Crippen molar-refractivity contribution < 1.29 is 9.67 Å². The summed E-state index contributed by atoms with van der Waals surface area (Å²) in [5, 5.41) is 22.6. The molecule has 2 heterocycles. The number of aryl methyl sites for hydroxylation is 1. The molecule has 0 saturated heterocycles. The van der Waals surface area contributed by atoms with Crippen LogP contribution in [-0.4, -0.2) is 15.8 Å². The summed E-state index contributed by atoms with van der Waals surface area (Å²) in [5.41, 5.74) is 4.12. The first-order valence-electron chi connectivity index (χ1n) is 8.84. The zero-order chi connectivity index (χ0) is 18.8. The molecule has 0 aliphatic rings.